The Morgan fingerprint density at radius 3 is 2.71 bits per heavy atom. The molecule has 2 heterocycles. The number of fused-ring (bicyclic) bond motifs is 2. The first-order chi connectivity index (χ1) is 16.1. The molecule has 4 rings (SSSR count). The van der Waals surface area contributed by atoms with E-state index in [0.29, 0.717) is 0 Å². The predicted molar refractivity (Wildman–Crippen MR) is 139 cm³/mol. The maximum absolute atomic E-state index is 11.9. The Bertz CT molecular complexity index is 1250. The summed E-state index contributed by atoms with van der Waals surface area (Å²) in [4.78, 5) is 16.9. The number of ether oxygens (including phenoxy) is 2. The molecule has 0 spiro atoms. The van der Waals surface area contributed by atoms with Crippen molar-refractivity contribution in [2.24, 2.45) is 0 Å². The van der Waals surface area contributed by atoms with Crippen LogP contribution >= 0.6 is 15.9 Å². The molecule has 5 nitrogen and oxygen atoms in total. The summed E-state index contributed by atoms with van der Waals surface area (Å²) >= 11 is 3.69. The molecule has 0 aliphatic carbocycles. The number of hydrogen-bond donors (Lipinski definition) is 1. The van der Waals surface area contributed by atoms with Crippen LogP contribution in [-0.4, -0.2) is 28.3 Å². The van der Waals surface area contributed by atoms with Gasteiger partial charge in [0.25, 0.3) is 0 Å². The first kappa shape index (κ1) is 24.7. The van der Waals surface area contributed by atoms with Gasteiger partial charge in [0.05, 0.1) is 30.2 Å². The molecule has 34 heavy (non-hydrogen) atoms. The molecule has 6 heteroatoms. The summed E-state index contributed by atoms with van der Waals surface area (Å²) < 4.78 is 13.2. The van der Waals surface area contributed by atoms with E-state index in [4.69, 9.17) is 14.5 Å². The molecule has 0 radical (unpaired) electrons. The van der Waals surface area contributed by atoms with E-state index in [0.717, 1.165) is 74.9 Å². The normalized spacial score (nSPS) is 14.5. The SMILES string of the molecule is CCc1cc(Br)cc2c(-c3ccc4c(c3)CCCO4)c([C@@H](CC(=O)O)OC(C)(C)C)c(C)nc12. The molecule has 0 amide bonds. The highest BCUT2D eigenvalue weighted by Gasteiger charge is 2.30. The lowest BCUT2D eigenvalue weighted by Crippen LogP contribution is -2.25. The standard InChI is InChI=1S/C28H32BrNO4/c1-6-17-13-20(29)14-21-26(19-9-10-22-18(12-19)8-7-11-33-22)25(16(2)30-27(17)21)23(15-24(31)32)34-28(3,4)5/h9-10,12-14,23H,6-8,11,15H2,1-5H3,(H,31,32)/t23-/m1/s1. The number of carboxylic acid groups (broad SMARTS) is 1. The van der Waals surface area contributed by atoms with Gasteiger partial charge in [0.2, 0.25) is 0 Å². The van der Waals surface area contributed by atoms with Crippen LogP contribution in [0.2, 0.25) is 0 Å². The summed E-state index contributed by atoms with van der Waals surface area (Å²) in [5, 5.41) is 10.8. The van der Waals surface area contributed by atoms with Crippen LogP contribution in [0.25, 0.3) is 22.0 Å². The third-order valence-electron chi connectivity index (χ3n) is 6.12. The van der Waals surface area contributed by atoms with Crippen LogP contribution in [0.4, 0.5) is 0 Å². The first-order valence-electron chi connectivity index (χ1n) is 11.9. The first-order valence-corrected chi connectivity index (χ1v) is 12.6. The number of aromatic nitrogens is 1. The van der Waals surface area contributed by atoms with E-state index in [1.54, 1.807) is 0 Å². The minimum atomic E-state index is -0.901. The molecule has 1 aromatic heterocycles. The van der Waals surface area contributed by atoms with Crippen molar-refractivity contribution >= 4 is 32.8 Å². The van der Waals surface area contributed by atoms with Gasteiger partial charge in [-0.05, 0) is 93.5 Å². The Balaban J connectivity index is 2.07. The van der Waals surface area contributed by atoms with Gasteiger partial charge < -0.3 is 14.6 Å². The summed E-state index contributed by atoms with van der Waals surface area (Å²) in [7, 11) is 0. The lowest BCUT2D eigenvalue weighted by atomic mass is 9.87. The molecule has 0 fully saturated rings. The van der Waals surface area contributed by atoms with E-state index in [2.05, 4.69) is 47.1 Å². The van der Waals surface area contributed by atoms with E-state index < -0.39 is 17.7 Å². The van der Waals surface area contributed by atoms with Crippen molar-refractivity contribution in [3.05, 3.63) is 57.2 Å². The summed E-state index contributed by atoms with van der Waals surface area (Å²) in [5.41, 5.74) is 6.40. The van der Waals surface area contributed by atoms with Crippen molar-refractivity contribution in [2.45, 2.75) is 72.0 Å². The maximum Gasteiger partial charge on any atom is 0.306 e. The van der Waals surface area contributed by atoms with Crippen molar-refractivity contribution < 1.29 is 19.4 Å². The van der Waals surface area contributed by atoms with Crippen molar-refractivity contribution in [1.29, 1.82) is 0 Å². The van der Waals surface area contributed by atoms with Crippen LogP contribution in [-0.2, 0) is 22.4 Å². The predicted octanol–water partition coefficient (Wildman–Crippen LogP) is 7.19. The molecule has 1 aliphatic rings. The number of halogens is 1. The molecule has 1 N–H and O–H groups in total. The molecular weight excluding hydrogens is 494 g/mol. The van der Waals surface area contributed by atoms with Crippen LogP contribution in [0.1, 0.15) is 69.0 Å². The van der Waals surface area contributed by atoms with Gasteiger partial charge in [-0.2, -0.15) is 0 Å². The van der Waals surface area contributed by atoms with E-state index in [9.17, 15) is 9.90 Å². The van der Waals surface area contributed by atoms with E-state index in [1.165, 1.54) is 5.56 Å². The van der Waals surface area contributed by atoms with Gasteiger partial charge in [-0.3, -0.25) is 9.78 Å². The van der Waals surface area contributed by atoms with Gasteiger partial charge in [0.1, 0.15) is 5.75 Å². The second-order valence-corrected chi connectivity index (χ2v) is 10.8. The highest BCUT2D eigenvalue weighted by Crippen LogP contribution is 2.43. The summed E-state index contributed by atoms with van der Waals surface area (Å²) in [6.45, 7) is 10.7. The van der Waals surface area contributed by atoms with Gasteiger partial charge in [-0.1, -0.05) is 28.9 Å². The summed E-state index contributed by atoms with van der Waals surface area (Å²) in [6.07, 6.45) is 2.01. The van der Waals surface area contributed by atoms with Crippen molar-refractivity contribution in [2.75, 3.05) is 6.61 Å². The van der Waals surface area contributed by atoms with Crippen LogP contribution in [0.5, 0.6) is 5.75 Å². The third-order valence-corrected chi connectivity index (χ3v) is 6.58. The minimum absolute atomic E-state index is 0.138. The third kappa shape index (κ3) is 5.13. The van der Waals surface area contributed by atoms with Crippen molar-refractivity contribution in [3.8, 4) is 16.9 Å². The second-order valence-electron chi connectivity index (χ2n) is 9.89. The molecule has 0 unspecified atom stereocenters. The molecule has 2 aromatic carbocycles. The van der Waals surface area contributed by atoms with E-state index in [-0.39, 0.29) is 6.42 Å². The van der Waals surface area contributed by atoms with Gasteiger partial charge in [0.15, 0.2) is 0 Å². The Kier molecular flexibility index (Phi) is 7.02. The molecule has 1 atom stereocenters. The fourth-order valence-corrected chi connectivity index (χ4v) is 5.32. The lowest BCUT2D eigenvalue weighted by Gasteiger charge is -2.30. The lowest BCUT2D eigenvalue weighted by molar-refractivity contribution is -0.143. The number of benzene rings is 2. The average Bonchev–Trinajstić information content (AvgIpc) is 2.76. The summed E-state index contributed by atoms with van der Waals surface area (Å²) in [6, 6.07) is 10.5. The number of carboxylic acids is 1. The van der Waals surface area contributed by atoms with Crippen LogP contribution < -0.4 is 4.74 Å². The van der Waals surface area contributed by atoms with Gasteiger partial charge >= 0.3 is 5.97 Å². The van der Waals surface area contributed by atoms with Gasteiger partial charge in [0, 0.05) is 21.1 Å². The minimum Gasteiger partial charge on any atom is -0.493 e. The maximum atomic E-state index is 11.9. The smallest absolute Gasteiger partial charge is 0.306 e. The van der Waals surface area contributed by atoms with Crippen LogP contribution in [0, 0.1) is 6.92 Å². The number of pyridine rings is 1. The van der Waals surface area contributed by atoms with E-state index in [1.807, 2.05) is 33.8 Å². The molecule has 3 aromatic rings. The van der Waals surface area contributed by atoms with Crippen molar-refractivity contribution in [3.63, 3.8) is 0 Å². The van der Waals surface area contributed by atoms with Crippen molar-refractivity contribution in [1.82, 2.24) is 4.98 Å². The molecule has 0 saturated carbocycles. The number of nitrogens with zero attached hydrogens (tertiary/aromatic N) is 1. The molecule has 180 valence electrons. The Hall–Kier alpha value is -2.44. The average molecular weight is 526 g/mol. The fraction of sp³-hybridized carbons (Fsp3) is 0.429. The van der Waals surface area contributed by atoms with Crippen LogP contribution in [0.3, 0.4) is 0 Å². The number of aryl methyl sites for hydroxylation is 3. The topological polar surface area (TPSA) is 68.7 Å². The highest BCUT2D eigenvalue weighted by atomic mass is 79.9. The number of carbonyl (C=O) groups is 1. The number of aliphatic carboxylic acids is 1. The zero-order valence-corrected chi connectivity index (χ0v) is 22.1. The van der Waals surface area contributed by atoms with E-state index >= 15 is 0 Å². The quantitative estimate of drug-likeness (QED) is 0.368. The van der Waals surface area contributed by atoms with Gasteiger partial charge in [-0.25, -0.2) is 0 Å². The Labute approximate surface area is 209 Å². The van der Waals surface area contributed by atoms with Crippen LogP contribution in [0.15, 0.2) is 34.8 Å². The summed E-state index contributed by atoms with van der Waals surface area (Å²) in [5.74, 6) is 0.0251. The monoisotopic (exact) mass is 525 g/mol. The Morgan fingerprint density at radius 2 is 2.03 bits per heavy atom. The second kappa shape index (κ2) is 9.67. The number of hydrogen-bond acceptors (Lipinski definition) is 4. The molecule has 1 aliphatic heterocycles. The number of rotatable bonds is 6. The zero-order valence-electron chi connectivity index (χ0n) is 20.5. The molecular formula is C28H32BrNO4. The Morgan fingerprint density at radius 1 is 1.26 bits per heavy atom. The molecule has 0 bridgehead atoms. The zero-order chi connectivity index (χ0) is 24.6. The highest BCUT2D eigenvalue weighted by molar-refractivity contribution is 9.10. The van der Waals surface area contributed by atoms with Gasteiger partial charge in [-0.15, -0.1) is 0 Å². The largest absolute Gasteiger partial charge is 0.493 e. The molecule has 0 saturated heterocycles. The fourth-order valence-electron chi connectivity index (χ4n) is 4.81.